The predicted octanol–water partition coefficient (Wildman–Crippen LogP) is 4.20. The van der Waals surface area contributed by atoms with Gasteiger partial charge < -0.3 is 5.32 Å². The molecular weight excluding hydrogens is 462 g/mol. The van der Waals surface area contributed by atoms with Crippen LogP contribution in [0.5, 0.6) is 0 Å². The lowest BCUT2D eigenvalue weighted by Crippen LogP contribution is -2.13. The quantitative estimate of drug-likeness (QED) is 0.388. The second-order valence-electron chi connectivity index (χ2n) is 8.07. The summed E-state index contributed by atoms with van der Waals surface area (Å²) in [7, 11) is -3.32. The normalized spacial score (nSPS) is 11.5. The fraction of sp³-hybridized carbons (Fsp3) is 0.0769. The van der Waals surface area contributed by atoms with Gasteiger partial charge >= 0.3 is 0 Å². The number of sulfone groups is 1. The van der Waals surface area contributed by atoms with Crippen molar-refractivity contribution in [2.45, 2.75) is 11.4 Å². The maximum Gasteiger partial charge on any atom is 0.256 e. The summed E-state index contributed by atoms with van der Waals surface area (Å²) in [5.74, 6) is -0.342. The zero-order valence-corrected chi connectivity index (χ0v) is 19.6. The number of nitrogens with one attached hydrogen (secondary N) is 1. The molecule has 0 unspecified atom stereocenters. The second-order valence-corrected chi connectivity index (χ2v) is 10.1. The third-order valence-corrected chi connectivity index (χ3v) is 6.67. The molecule has 0 radical (unpaired) electrons. The van der Waals surface area contributed by atoms with E-state index in [0.29, 0.717) is 34.5 Å². The SMILES string of the molecule is CS(=O)(=O)c1ccc(NC(=O)c2cc(-c3ccccc3)nc3c2cnn3Cc2ccncc2)cc1. The first-order chi connectivity index (χ1) is 16.9. The number of hydrogen-bond donors (Lipinski definition) is 1. The van der Waals surface area contributed by atoms with Crippen LogP contribution in [0.3, 0.4) is 0 Å². The number of aromatic nitrogens is 4. The number of anilines is 1. The van der Waals surface area contributed by atoms with E-state index >= 15 is 0 Å². The highest BCUT2D eigenvalue weighted by Gasteiger charge is 2.18. The van der Waals surface area contributed by atoms with Crippen molar-refractivity contribution in [3.63, 3.8) is 0 Å². The van der Waals surface area contributed by atoms with Gasteiger partial charge in [0.1, 0.15) is 0 Å². The highest BCUT2D eigenvalue weighted by molar-refractivity contribution is 7.90. The molecule has 0 spiro atoms. The van der Waals surface area contributed by atoms with E-state index in [9.17, 15) is 13.2 Å². The van der Waals surface area contributed by atoms with Crippen molar-refractivity contribution >= 4 is 32.5 Å². The molecule has 1 amide bonds. The minimum absolute atomic E-state index is 0.186. The molecule has 9 heteroatoms. The Balaban J connectivity index is 1.56. The molecule has 3 heterocycles. The van der Waals surface area contributed by atoms with Crippen molar-refractivity contribution in [3.05, 3.63) is 103 Å². The number of rotatable bonds is 6. The average molecular weight is 484 g/mol. The Labute approximate surface area is 202 Å². The molecule has 5 rings (SSSR count). The van der Waals surface area contributed by atoms with Crippen LogP contribution >= 0.6 is 0 Å². The minimum Gasteiger partial charge on any atom is -0.322 e. The Bertz CT molecular complexity index is 1620. The molecule has 0 aliphatic heterocycles. The van der Waals surface area contributed by atoms with E-state index in [-0.39, 0.29) is 10.8 Å². The molecule has 5 aromatic rings. The average Bonchev–Trinajstić information content (AvgIpc) is 3.27. The van der Waals surface area contributed by atoms with Gasteiger partial charge in [0.05, 0.1) is 34.3 Å². The Morgan fingerprint density at radius 1 is 0.971 bits per heavy atom. The van der Waals surface area contributed by atoms with E-state index in [4.69, 9.17) is 4.98 Å². The number of pyridine rings is 2. The van der Waals surface area contributed by atoms with Crippen molar-refractivity contribution in [1.29, 1.82) is 0 Å². The summed E-state index contributed by atoms with van der Waals surface area (Å²) in [6, 6.07) is 21.2. The number of amides is 1. The highest BCUT2D eigenvalue weighted by atomic mass is 32.2. The second kappa shape index (κ2) is 9.11. The molecule has 3 aromatic heterocycles. The summed E-state index contributed by atoms with van der Waals surface area (Å²) in [4.78, 5) is 22.4. The van der Waals surface area contributed by atoms with Gasteiger partial charge in [-0.3, -0.25) is 9.78 Å². The monoisotopic (exact) mass is 483 g/mol. The Morgan fingerprint density at radius 2 is 1.69 bits per heavy atom. The molecule has 174 valence electrons. The number of carbonyl (C=O) groups is 1. The fourth-order valence-corrected chi connectivity index (χ4v) is 4.38. The maximum atomic E-state index is 13.4. The van der Waals surface area contributed by atoms with Crippen LogP contribution in [-0.4, -0.2) is 40.3 Å². The molecule has 8 nitrogen and oxygen atoms in total. The van der Waals surface area contributed by atoms with Crippen molar-refractivity contribution in [2.24, 2.45) is 0 Å². The predicted molar refractivity (Wildman–Crippen MR) is 134 cm³/mol. The van der Waals surface area contributed by atoms with E-state index in [1.807, 2.05) is 42.5 Å². The van der Waals surface area contributed by atoms with Crippen LogP contribution in [0.1, 0.15) is 15.9 Å². The van der Waals surface area contributed by atoms with E-state index < -0.39 is 9.84 Å². The van der Waals surface area contributed by atoms with Crippen LogP contribution in [0.15, 0.2) is 96.3 Å². The smallest absolute Gasteiger partial charge is 0.256 e. The molecule has 0 atom stereocenters. The summed E-state index contributed by atoms with van der Waals surface area (Å²) in [5, 5.41) is 7.98. The first-order valence-electron chi connectivity index (χ1n) is 10.8. The third kappa shape index (κ3) is 4.80. The summed E-state index contributed by atoms with van der Waals surface area (Å²) in [6.45, 7) is 0.477. The summed E-state index contributed by atoms with van der Waals surface area (Å²) in [5.41, 5.74) is 4.01. The van der Waals surface area contributed by atoms with Gasteiger partial charge in [0.15, 0.2) is 15.5 Å². The number of carbonyl (C=O) groups excluding carboxylic acids is 1. The van der Waals surface area contributed by atoms with E-state index in [2.05, 4.69) is 15.4 Å². The van der Waals surface area contributed by atoms with Gasteiger partial charge in [-0.05, 0) is 48.0 Å². The van der Waals surface area contributed by atoms with Gasteiger partial charge in [-0.15, -0.1) is 0 Å². The van der Waals surface area contributed by atoms with Gasteiger partial charge in [0.2, 0.25) is 0 Å². The molecular formula is C26H21N5O3S. The number of benzene rings is 2. The lowest BCUT2D eigenvalue weighted by atomic mass is 10.1. The van der Waals surface area contributed by atoms with Gasteiger partial charge in [0.25, 0.3) is 5.91 Å². The molecule has 35 heavy (non-hydrogen) atoms. The molecule has 0 saturated heterocycles. The summed E-state index contributed by atoms with van der Waals surface area (Å²) in [6.07, 6.45) is 6.22. The Kier molecular flexibility index (Phi) is 5.84. The van der Waals surface area contributed by atoms with Crippen LogP contribution in [-0.2, 0) is 16.4 Å². The van der Waals surface area contributed by atoms with Crippen LogP contribution in [0.4, 0.5) is 5.69 Å². The largest absolute Gasteiger partial charge is 0.322 e. The van der Waals surface area contributed by atoms with E-state index in [1.54, 1.807) is 41.5 Å². The van der Waals surface area contributed by atoms with Gasteiger partial charge in [0, 0.05) is 29.9 Å². The molecule has 1 N–H and O–H groups in total. The molecule has 0 saturated carbocycles. The lowest BCUT2D eigenvalue weighted by Gasteiger charge is -2.10. The molecule has 0 bridgehead atoms. The minimum atomic E-state index is -3.32. The molecule has 2 aromatic carbocycles. The Morgan fingerprint density at radius 3 is 2.37 bits per heavy atom. The molecule has 0 aliphatic carbocycles. The first-order valence-corrected chi connectivity index (χ1v) is 12.7. The third-order valence-electron chi connectivity index (χ3n) is 5.55. The highest BCUT2D eigenvalue weighted by Crippen LogP contribution is 2.26. The van der Waals surface area contributed by atoms with E-state index in [0.717, 1.165) is 17.4 Å². The van der Waals surface area contributed by atoms with Crippen molar-refractivity contribution in [2.75, 3.05) is 11.6 Å². The maximum absolute atomic E-state index is 13.4. The van der Waals surface area contributed by atoms with Gasteiger partial charge in [-0.1, -0.05) is 30.3 Å². The standard InChI is InChI=1S/C26H21N5O3S/c1-35(33,34)21-9-7-20(8-10-21)29-26(32)22-15-24(19-5-3-2-4-6-19)30-25-23(22)16-28-31(25)17-18-11-13-27-14-12-18/h2-16H,17H2,1H3,(H,29,32). The van der Waals surface area contributed by atoms with E-state index in [1.165, 1.54) is 12.1 Å². The van der Waals surface area contributed by atoms with Crippen LogP contribution < -0.4 is 5.32 Å². The van der Waals surface area contributed by atoms with Crippen LogP contribution in [0, 0.1) is 0 Å². The zero-order valence-electron chi connectivity index (χ0n) is 18.8. The fourth-order valence-electron chi connectivity index (χ4n) is 3.75. The molecule has 0 aliphatic rings. The molecule has 0 fully saturated rings. The van der Waals surface area contributed by atoms with Crippen molar-refractivity contribution in [3.8, 4) is 11.3 Å². The number of hydrogen-bond acceptors (Lipinski definition) is 6. The number of fused-ring (bicyclic) bond motifs is 1. The Hall–Kier alpha value is -4.37. The first kappa shape index (κ1) is 22.4. The van der Waals surface area contributed by atoms with Crippen molar-refractivity contribution < 1.29 is 13.2 Å². The van der Waals surface area contributed by atoms with Gasteiger partial charge in [-0.2, -0.15) is 5.10 Å². The van der Waals surface area contributed by atoms with Gasteiger partial charge in [-0.25, -0.2) is 18.1 Å². The lowest BCUT2D eigenvalue weighted by molar-refractivity contribution is 0.102. The summed E-state index contributed by atoms with van der Waals surface area (Å²) < 4.78 is 25.2. The van der Waals surface area contributed by atoms with Crippen LogP contribution in [0.25, 0.3) is 22.3 Å². The number of nitrogens with zero attached hydrogens (tertiary/aromatic N) is 4. The van der Waals surface area contributed by atoms with Crippen molar-refractivity contribution in [1.82, 2.24) is 19.7 Å². The topological polar surface area (TPSA) is 107 Å². The van der Waals surface area contributed by atoms with Crippen LogP contribution in [0.2, 0.25) is 0 Å². The summed E-state index contributed by atoms with van der Waals surface area (Å²) >= 11 is 0. The zero-order chi connectivity index (χ0) is 24.4.